The number of anilines is 2. The Bertz CT molecular complexity index is 1100. The smallest absolute Gasteiger partial charge is 0.410 e. The van der Waals surface area contributed by atoms with Gasteiger partial charge in [0.1, 0.15) is 5.60 Å². The molecule has 0 atom stereocenters. The van der Waals surface area contributed by atoms with Crippen molar-refractivity contribution in [2.75, 3.05) is 36.4 Å². The maximum absolute atomic E-state index is 12.6. The molecule has 2 aliphatic heterocycles. The number of halogens is 2. The van der Waals surface area contributed by atoms with Crippen molar-refractivity contribution in [3.05, 3.63) is 57.6 Å². The molecule has 2 amide bonds. The first kappa shape index (κ1) is 22.5. The van der Waals surface area contributed by atoms with Gasteiger partial charge in [0, 0.05) is 58.6 Å². The van der Waals surface area contributed by atoms with Gasteiger partial charge in [0.25, 0.3) is 5.91 Å². The zero-order chi connectivity index (χ0) is 23.0. The van der Waals surface area contributed by atoms with Crippen molar-refractivity contribution < 1.29 is 14.3 Å². The molecule has 0 bridgehead atoms. The summed E-state index contributed by atoms with van der Waals surface area (Å²) >= 11 is 12.4. The number of rotatable bonds is 2. The first-order valence-electron chi connectivity index (χ1n) is 10.5. The van der Waals surface area contributed by atoms with Crippen molar-refractivity contribution in [3.8, 4) is 0 Å². The number of fused-ring (bicyclic) bond motifs is 1. The molecule has 32 heavy (non-hydrogen) atoms. The molecular weight excluding hydrogens is 449 g/mol. The van der Waals surface area contributed by atoms with Crippen molar-refractivity contribution in [1.82, 2.24) is 4.90 Å². The van der Waals surface area contributed by atoms with Gasteiger partial charge in [0.05, 0.1) is 5.69 Å². The number of hydrogen-bond donors (Lipinski definition) is 1. The normalized spacial score (nSPS) is 17.4. The SMILES string of the molecule is CC(C)(C)OC(=O)N1CCN(c2ccc(Cl)cc2/C=C2/C(=O)Nc3cc(Cl)ccc32)CC1. The van der Waals surface area contributed by atoms with Gasteiger partial charge in [-0.3, -0.25) is 4.79 Å². The first-order chi connectivity index (χ1) is 15.1. The van der Waals surface area contributed by atoms with Crippen LogP contribution in [0.15, 0.2) is 36.4 Å². The highest BCUT2D eigenvalue weighted by molar-refractivity contribution is 6.37. The van der Waals surface area contributed by atoms with Crippen LogP contribution in [-0.2, 0) is 9.53 Å². The summed E-state index contributed by atoms with van der Waals surface area (Å²) in [5.74, 6) is -0.178. The Morgan fingerprint density at radius 2 is 1.69 bits per heavy atom. The van der Waals surface area contributed by atoms with Crippen LogP contribution in [0, 0.1) is 0 Å². The molecule has 2 aromatic rings. The van der Waals surface area contributed by atoms with Gasteiger partial charge in [-0.05, 0) is 57.2 Å². The molecule has 2 aliphatic rings. The third-order valence-electron chi connectivity index (χ3n) is 5.33. The highest BCUT2D eigenvalue weighted by atomic mass is 35.5. The average molecular weight is 474 g/mol. The summed E-state index contributed by atoms with van der Waals surface area (Å²) in [6.07, 6.45) is 1.56. The molecule has 2 heterocycles. The number of piperazine rings is 1. The molecule has 1 saturated heterocycles. The van der Waals surface area contributed by atoms with E-state index in [4.69, 9.17) is 27.9 Å². The number of ether oxygens (including phenoxy) is 1. The number of carbonyl (C=O) groups is 2. The fourth-order valence-corrected chi connectivity index (χ4v) is 4.20. The Morgan fingerprint density at radius 1 is 1.03 bits per heavy atom. The predicted octanol–water partition coefficient (Wildman–Crippen LogP) is 5.54. The van der Waals surface area contributed by atoms with E-state index in [2.05, 4.69) is 10.2 Å². The minimum absolute atomic E-state index is 0.178. The van der Waals surface area contributed by atoms with Crippen LogP contribution in [0.4, 0.5) is 16.2 Å². The van der Waals surface area contributed by atoms with Crippen LogP contribution in [-0.4, -0.2) is 48.7 Å². The highest BCUT2D eigenvalue weighted by Crippen LogP contribution is 2.37. The van der Waals surface area contributed by atoms with Crippen molar-refractivity contribution >= 4 is 58.2 Å². The number of hydrogen-bond acceptors (Lipinski definition) is 4. The zero-order valence-corrected chi connectivity index (χ0v) is 19.8. The fraction of sp³-hybridized carbons (Fsp3) is 0.333. The lowest BCUT2D eigenvalue weighted by Crippen LogP contribution is -2.50. The summed E-state index contributed by atoms with van der Waals surface area (Å²) in [5, 5.41) is 4.01. The molecule has 2 aromatic carbocycles. The molecule has 4 rings (SSSR count). The van der Waals surface area contributed by atoms with Gasteiger partial charge in [-0.1, -0.05) is 29.3 Å². The highest BCUT2D eigenvalue weighted by Gasteiger charge is 2.28. The molecule has 168 valence electrons. The zero-order valence-electron chi connectivity index (χ0n) is 18.2. The summed E-state index contributed by atoms with van der Waals surface area (Å²) in [5.41, 5.74) is 3.35. The predicted molar refractivity (Wildman–Crippen MR) is 129 cm³/mol. The summed E-state index contributed by atoms with van der Waals surface area (Å²) in [6.45, 7) is 7.98. The number of nitrogens with one attached hydrogen (secondary N) is 1. The maximum atomic E-state index is 12.6. The Hall–Kier alpha value is -2.70. The minimum Gasteiger partial charge on any atom is -0.444 e. The topological polar surface area (TPSA) is 61.9 Å². The van der Waals surface area contributed by atoms with E-state index in [1.807, 2.05) is 51.1 Å². The molecule has 0 saturated carbocycles. The van der Waals surface area contributed by atoms with E-state index in [1.165, 1.54) is 0 Å². The van der Waals surface area contributed by atoms with Gasteiger partial charge < -0.3 is 19.9 Å². The van der Waals surface area contributed by atoms with Crippen molar-refractivity contribution in [2.24, 2.45) is 0 Å². The van der Waals surface area contributed by atoms with E-state index in [9.17, 15) is 9.59 Å². The lowest BCUT2D eigenvalue weighted by molar-refractivity contribution is -0.110. The summed E-state index contributed by atoms with van der Waals surface area (Å²) < 4.78 is 5.49. The minimum atomic E-state index is -0.522. The molecule has 0 radical (unpaired) electrons. The molecule has 8 heteroatoms. The summed E-state index contributed by atoms with van der Waals surface area (Å²) in [4.78, 5) is 28.9. The second kappa shape index (κ2) is 8.68. The Balaban J connectivity index is 1.58. The number of carbonyl (C=O) groups excluding carboxylic acids is 2. The summed E-state index contributed by atoms with van der Waals surface area (Å²) in [7, 11) is 0. The van der Waals surface area contributed by atoms with Crippen molar-refractivity contribution in [2.45, 2.75) is 26.4 Å². The van der Waals surface area contributed by atoms with Crippen molar-refractivity contribution in [1.29, 1.82) is 0 Å². The van der Waals surface area contributed by atoms with Crippen LogP contribution < -0.4 is 10.2 Å². The Labute approximate surface area is 197 Å². The fourth-order valence-electron chi connectivity index (χ4n) is 3.85. The summed E-state index contributed by atoms with van der Waals surface area (Å²) in [6, 6.07) is 11.0. The molecule has 0 unspecified atom stereocenters. The van der Waals surface area contributed by atoms with E-state index < -0.39 is 5.60 Å². The second-order valence-electron chi connectivity index (χ2n) is 8.86. The number of nitrogens with zero attached hydrogens (tertiary/aromatic N) is 2. The molecule has 1 N–H and O–H groups in total. The Kier molecular flexibility index (Phi) is 6.10. The van der Waals surface area contributed by atoms with E-state index in [0.29, 0.717) is 47.5 Å². The van der Waals surface area contributed by atoms with Crippen LogP contribution in [0.3, 0.4) is 0 Å². The standard InChI is InChI=1S/C24H25Cl2N3O3/c1-24(2,3)32-23(31)29-10-8-28(9-11-29)21-7-5-16(25)12-15(21)13-19-18-6-4-17(26)14-20(18)27-22(19)30/h4-7,12-14H,8-11H2,1-3H3,(H,27,30)/b19-13+. The maximum Gasteiger partial charge on any atom is 0.410 e. The first-order valence-corrected chi connectivity index (χ1v) is 11.2. The lowest BCUT2D eigenvalue weighted by atomic mass is 10.0. The quantitative estimate of drug-likeness (QED) is 0.581. The molecule has 0 aromatic heterocycles. The third-order valence-corrected chi connectivity index (χ3v) is 5.80. The molecule has 1 fully saturated rings. The van der Waals surface area contributed by atoms with Crippen molar-refractivity contribution in [3.63, 3.8) is 0 Å². The van der Waals surface area contributed by atoms with Gasteiger partial charge in [-0.25, -0.2) is 4.79 Å². The van der Waals surface area contributed by atoms with Crippen LogP contribution in [0.25, 0.3) is 11.6 Å². The van der Waals surface area contributed by atoms with E-state index in [-0.39, 0.29) is 12.0 Å². The van der Waals surface area contributed by atoms with E-state index in [0.717, 1.165) is 16.8 Å². The molecule has 0 aliphatic carbocycles. The third kappa shape index (κ3) is 4.87. The second-order valence-corrected chi connectivity index (χ2v) is 9.73. The lowest BCUT2D eigenvalue weighted by Gasteiger charge is -2.37. The number of amides is 2. The van der Waals surface area contributed by atoms with Crippen LogP contribution >= 0.6 is 23.2 Å². The monoisotopic (exact) mass is 473 g/mol. The van der Waals surface area contributed by atoms with E-state index >= 15 is 0 Å². The van der Waals surface area contributed by atoms with Crippen LogP contribution in [0.2, 0.25) is 10.0 Å². The van der Waals surface area contributed by atoms with Gasteiger partial charge in [-0.15, -0.1) is 0 Å². The Morgan fingerprint density at radius 3 is 2.38 bits per heavy atom. The van der Waals surface area contributed by atoms with E-state index in [1.54, 1.807) is 17.0 Å². The van der Waals surface area contributed by atoms with Crippen LogP contribution in [0.5, 0.6) is 0 Å². The molecular formula is C24H25Cl2N3O3. The molecule has 0 spiro atoms. The van der Waals surface area contributed by atoms with Gasteiger partial charge in [-0.2, -0.15) is 0 Å². The van der Waals surface area contributed by atoms with Gasteiger partial charge in [0.15, 0.2) is 0 Å². The van der Waals surface area contributed by atoms with Gasteiger partial charge in [0.2, 0.25) is 0 Å². The number of benzene rings is 2. The largest absolute Gasteiger partial charge is 0.444 e. The van der Waals surface area contributed by atoms with Gasteiger partial charge >= 0.3 is 6.09 Å². The van der Waals surface area contributed by atoms with Crippen LogP contribution in [0.1, 0.15) is 31.9 Å². The molecule has 6 nitrogen and oxygen atoms in total. The average Bonchev–Trinajstić information content (AvgIpc) is 3.01.